The Balaban J connectivity index is 2.17. The lowest BCUT2D eigenvalue weighted by Gasteiger charge is -2.19. The highest BCUT2D eigenvalue weighted by molar-refractivity contribution is 5.44. The van der Waals surface area contributed by atoms with E-state index in [9.17, 15) is 0 Å². The summed E-state index contributed by atoms with van der Waals surface area (Å²) in [7, 11) is 2.04. The Morgan fingerprint density at radius 1 is 1.10 bits per heavy atom. The first kappa shape index (κ1) is 15.2. The van der Waals surface area contributed by atoms with Crippen LogP contribution in [0.5, 0.6) is 11.5 Å². The average Bonchev–Trinajstić information content (AvgIpc) is 3.29. The highest BCUT2D eigenvalue weighted by Gasteiger charge is 2.31. The zero-order valence-electron chi connectivity index (χ0n) is 12.9. The normalized spacial score (nSPS) is 15.9. The molecule has 1 aliphatic carbocycles. The first-order valence-electron chi connectivity index (χ1n) is 7.87. The Labute approximate surface area is 122 Å². The van der Waals surface area contributed by atoms with Crippen molar-refractivity contribution in [3.05, 3.63) is 23.8 Å². The number of rotatable bonds is 9. The van der Waals surface area contributed by atoms with Crippen LogP contribution in [0.2, 0.25) is 0 Å². The van der Waals surface area contributed by atoms with Gasteiger partial charge in [0.25, 0.3) is 0 Å². The zero-order valence-corrected chi connectivity index (χ0v) is 12.9. The molecule has 1 N–H and O–H groups in total. The summed E-state index contributed by atoms with van der Waals surface area (Å²) in [4.78, 5) is 0. The van der Waals surface area contributed by atoms with Gasteiger partial charge in [0, 0.05) is 6.04 Å². The van der Waals surface area contributed by atoms with E-state index in [1.165, 1.54) is 18.4 Å². The summed E-state index contributed by atoms with van der Waals surface area (Å²) in [5.74, 6) is 2.54. The third-order valence-corrected chi connectivity index (χ3v) is 3.65. The molecule has 1 aromatic rings. The fraction of sp³-hybridized carbons (Fsp3) is 0.647. The van der Waals surface area contributed by atoms with Gasteiger partial charge < -0.3 is 14.8 Å². The Bertz CT molecular complexity index is 415. The quantitative estimate of drug-likeness (QED) is 0.741. The number of hydrogen-bond acceptors (Lipinski definition) is 3. The van der Waals surface area contributed by atoms with Crippen LogP contribution < -0.4 is 14.8 Å². The molecule has 3 nitrogen and oxygen atoms in total. The third kappa shape index (κ3) is 3.89. The Hall–Kier alpha value is -1.22. The summed E-state index contributed by atoms with van der Waals surface area (Å²) >= 11 is 0. The summed E-state index contributed by atoms with van der Waals surface area (Å²) in [6, 6.07) is 6.82. The Kier molecular flexibility index (Phi) is 5.72. The van der Waals surface area contributed by atoms with Gasteiger partial charge in [0.1, 0.15) is 0 Å². The van der Waals surface area contributed by atoms with Crippen molar-refractivity contribution in [2.24, 2.45) is 5.92 Å². The van der Waals surface area contributed by atoms with Crippen LogP contribution in [0.4, 0.5) is 0 Å². The average molecular weight is 277 g/mol. The molecule has 112 valence electrons. The molecule has 0 heterocycles. The van der Waals surface area contributed by atoms with Crippen molar-refractivity contribution in [3.8, 4) is 11.5 Å². The number of benzene rings is 1. The van der Waals surface area contributed by atoms with Crippen molar-refractivity contribution >= 4 is 0 Å². The lowest BCUT2D eigenvalue weighted by molar-refractivity contribution is 0.267. The van der Waals surface area contributed by atoms with Crippen molar-refractivity contribution in [1.82, 2.24) is 5.32 Å². The first-order valence-corrected chi connectivity index (χ1v) is 7.87. The minimum Gasteiger partial charge on any atom is -0.490 e. The molecule has 1 aliphatic rings. The van der Waals surface area contributed by atoms with E-state index in [2.05, 4.69) is 37.4 Å². The molecule has 1 saturated carbocycles. The van der Waals surface area contributed by atoms with Gasteiger partial charge in [0.2, 0.25) is 0 Å². The molecule has 3 heteroatoms. The van der Waals surface area contributed by atoms with E-state index < -0.39 is 0 Å². The Morgan fingerprint density at radius 3 is 2.30 bits per heavy atom. The van der Waals surface area contributed by atoms with Crippen molar-refractivity contribution in [3.63, 3.8) is 0 Å². The molecule has 20 heavy (non-hydrogen) atoms. The molecule has 1 aromatic carbocycles. The molecular weight excluding hydrogens is 250 g/mol. The lowest BCUT2D eigenvalue weighted by atomic mass is 10.0. The minimum absolute atomic E-state index is 0.444. The van der Waals surface area contributed by atoms with Crippen molar-refractivity contribution in [2.45, 2.75) is 45.6 Å². The van der Waals surface area contributed by atoms with Gasteiger partial charge in [-0.05, 0) is 56.3 Å². The summed E-state index contributed by atoms with van der Waals surface area (Å²) in [5.41, 5.74) is 1.31. The summed E-state index contributed by atoms with van der Waals surface area (Å²) in [6.45, 7) is 5.71. The number of nitrogens with one attached hydrogen (secondary N) is 1. The van der Waals surface area contributed by atoms with Crippen LogP contribution in [0.15, 0.2) is 18.2 Å². The van der Waals surface area contributed by atoms with Gasteiger partial charge in [0.05, 0.1) is 13.2 Å². The van der Waals surface area contributed by atoms with Crippen LogP contribution in [0.3, 0.4) is 0 Å². The highest BCUT2D eigenvalue weighted by Crippen LogP contribution is 2.42. The van der Waals surface area contributed by atoms with E-state index >= 15 is 0 Å². The monoisotopic (exact) mass is 277 g/mol. The molecule has 1 unspecified atom stereocenters. The topological polar surface area (TPSA) is 30.5 Å². The van der Waals surface area contributed by atoms with Crippen LogP contribution in [-0.4, -0.2) is 20.3 Å². The van der Waals surface area contributed by atoms with Gasteiger partial charge >= 0.3 is 0 Å². The lowest BCUT2D eigenvalue weighted by Crippen LogP contribution is -2.18. The molecule has 1 atom stereocenters. The van der Waals surface area contributed by atoms with E-state index in [1.54, 1.807) is 0 Å². The van der Waals surface area contributed by atoms with Crippen LogP contribution in [0, 0.1) is 5.92 Å². The zero-order chi connectivity index (χ0) is 14.4. The molecular formula is C17H27NO2. The van der Waals surface area contributed by atoms with Crippen LogP contribution >= 0.6 is 0 Å². The second-order valence-corrected chi connectivity index (χ2v) is 5.51. The van der Waals surface area contributed by atoms with Crippen LogP contribution in [0.25, 0.3) is 0 Å². The van der Waals surface area contributed by atoms with Gasteiger partial charge in [-0.25, -0.2) is 0 Å². The summed E-state index contributed by atoms with van der Waals surface area (Å²) < 4.78 is 11.6. The maximum absolute atomic E-state index is 5.87. The first-order chi connectivity index (χ1) is 9.80. The molecule has 0 aromatic heterocycles. The summed E-state index contributed by atoms with van der Waals surface area (Å²) in [5, 5.41) is 3.43. The molecule has 0 bridgehead atoms. The van der Waals surface area contributed by atoms with Gasteiger partial charge in [-0.15, -0.1) is 0 Å². The fourth-order valence-corrected chi connectivity index (χ4v) is 2.48. The standard InChI is InChI=1S/C17H27NO2/c1-4-10-19-15-9-8-14(12-16(15)20-11-5-2)17(18-3)13-6-7-13/h8-9,12-13,17-18H,4-7,10-11H2,1-3H3. The van der Waals surface area contributed by atoms with Gasteiger partial charge in [-0.1, -0.05) is 19.9 Å². The van der Waals surface area contributed by atoms with E-state index in [-0.39, 0.29) is 0 Å². The summed E-state index contributed by atoms with van der Waals surface area (Å²) in [6.07, 6.45) is 4.67. The maximum Gasteiger partial charge on any atom is 0.161 e. The van der Waals surface area contributed by atoms with Gasteiger partial charge in [-0.2, -0.15) is 0 Å². The molecule has 0 saturated heterocycles. The second kappa shape index (κ2) is 7.53. The number of hydrogen-bond donors (Lipinski definition) is 1. The van der Waals surface area contributed by atoms with Gasteiger partial charge in [-0.3, -0.25) is 0 Å². The minimum atomic E-state index is 0.444. The van der Waals surface area contributed by atoms with E-state index in [0.717, 1.165) is 43.5 Å². The highest BCUT2D eigenvalue weighted by atomic mass is 16.5. The predicted octanol–water partition coefficient (Wildman–Crippen LogP) is 3.93. The fourth-order valence-electron chi connectivity index (χ4n) is 2.48. The molecule has 2 rings (SSSR count). The predicted molar refractivity (Wildman–Crippen MR) is 82.5 cm³/mol. The third-order valence-electron chi connectivity index (χ3n) is 3.65. The Morgan fingerprint density at radius 2 is 1.75 bits per heavy atom. The van der Waals surface area contributed by atoms with E-state index in [4.69, 9.17) is 9.47 Å². The molecule has 0 spiro atoms. The molecule has 1 fully saturated rings. The number of ether oxygens (including phenoxy) is 2. The van der Waals surface area contributed by atoms with Crippen molar-refractivity contribution < 1.29 is 9.47 Å². The smallest absolute Gasteiger partial charge is 0.161 e. The van der Waals surface area contributed by atoms with Crippen LogP contribution in [0.1, 0.15) is 51.1 Å². The molecule has 0 aliphatic heterocycles. The van der Waals surface area contributed by atoms with E-state index in [0.29, 0.717) is 6.04 Å². The molecule has 0 amide bonds. The van der Waals surface area contributed by atoms with Crippen LogP contribution in [-0.2, 0) is 0 Å². The van der Waals surface area contributed by atoms with Crippen molar-refractivity contribution in [2.75, 3.05) is 20.3 Å². The second-order valence-electron chi connectivity index (χ2n) is 5.51. The van der Waals surface area contributed by atoms with E-state index in [1.807, 2.05) is 7.05 Å². The largest absolute Gasteiger partial charge is 0.490 e. The van der Waals surface area contributed by atoms with Gasteiger partial charge in [0.15, 0.2) is 11.5 Å². The maximum atomic E-state index is 5.87. The SMILES string of the molecule is CCCOc1ccc(C(NC)C2CC2)cc1OCCC. The van der Waals surface area contributed by atoms with Crippen molar-refractivity contribution in [1.29, 1.82) is 0 Å². The molecule has 0 radical (unpaired) electrons.